The fraction of sp³-hybridized carbons (Fsp3) is 0.273. The highest BCUT2D eigenvalue weighted by molar-refractivity contribution is 6.07. The zero-order chi connectivity index (χ0) is 17.8. The van der Waals surface area contributed by atoms with E-state index in [1.54, 1.807) is 0 Å². The molecule has 1 atom stereocenters. The molecule has 1 saturated heterocycles. The number of para-hydroxylation sites is 1. The number of pyridine rings is 1. The van der Waals surface area contributed by atoms with Gasteiger partial charge in [0.15, 0.2) is 0 Å². The van der Waals surface area contributed by atoms with E-state index in [2.05, 4.69) is 10.6 Å². The summed E-state index contributed by atoms with van der Waals surface area (Å²) in [6, 6.07) is 19.7. The number of aromatic nitrogens is 1. The fourth-order valence-electron chi connectivity index (χ4n) is 3.55. The van der Waals surface area contributed by atoms with E-state index in [0.717, 1.165) is 35.2 Å². The van der Waals surface area contributed by atoms with Gasteiger partial charge in [0.1, 0.15) is 0 Å². The Morgan fingerprint density at radius 3 is 2.57 bits per heavy atom. The Hall–Kier alpha value is -2.14. The van der Waals surface area contributed by atoms with E-state index in [1.165, 1.54) is 12.8 Å². The lowest BCUT2D eigenvalue weighted by molar-refractivity contribution is 0.0946. The maximum absolute atomic E-state index is 12.9. The molecule has 1 aliphatic heterocycles. The highest BCUT2D eigenvalue weighted by atomic mass is 35.5. The van der Waals surface area contributed by atoms with Crippen LogP contribution in [0.4, 0.5) is 0 Å². The maximum atomic E-state index is 12.9. The second kappa shape index (κ2) is 10.4. The first-order valence-electron chi connectivity index (χ1n) is 9.25. The summed E-state index contributed by atoms with van der Waals surface area (Å²) in [6.07, 6.45) is 2.34. The first-order valence-corrected chi connectivity index (χ1v) is 9.25. The molecule has 2 aromatic carbocycles. The molecule has 1 fully saturated rings. The lowest BCUT2D eigenvalue weighted by atomic mass is 9.99. The first kappa shape index (κ1) is 22.2. The van der Waals surface area contributed by atoms with E-state index in [-0.39, 0.29) is 30.7 Å². The molecule has 4 rings (SSSR count). The SMILES string of the molecule is Cl.Cl.O=C(NCC1CCCNC1)c1cc(-c2ccccc2)nc2ccccc12. The Balaban J connectivity index is 0.00000140. The standard InChI is InChI=1S/C22H23N3O.2ClH/c26-22(24-15-16-7-6-12-23-14-16)19-13-21(17-8-2-1-3-9-17)25-20-11-5-4-10-18(19)20;;/h1-5,8-11,13,16,23H,6-7,12,14-15H2,(H,24,26);2*1H. The highest BCUT2D eigenvalue weighted by Gasteiger charge is 2.17. The summed E-state index contributed by atoms with van der Waals surface area (Å²) < 4.78 is 0. The molecule has 1 amide bonds. The van der Waals surface area contributed by atoms with Crippen molar-refractivity contribution < 1.29 is 4.79 Å². The molecule has 2 heterocycles. The van der Waals surface area contributed by atoms with Gasteiger partial charge in [-0.1, -0.05) is 48.5 Å². The van der Waals surface area contributed by atoms with Gasteiger partial charge >= 0.3 is 0 Å². The van der Waals surface area contributed by atoms with Crippen molar-refractivity contribution in [2.75, 3.05) is 19.6 Å². The third kappa shape index (κ3) is 5.02. The van der Waals surface area contributed by atoms with Gasteiger partial charge in [0.25, 0.3) is 5.91 Å². The van der Waals surface area contributed by atoms with E-state index in [0.29, 0.717) is 18.0 Å². The van der Waals surface area contributed by atoms with Crippen LogP contribution in [0.5, 0.6) is 0 Å². The average Bonchev–Trinajstić information content (AvgIpc) is 2.72. The molecule has 3 aromatic rings. The summed E-state index contributed by atoms with van der Waals surface area (Å²) in [4.78, 5) is 17.7. The van der Waals surface area contributed by atoms with Gasteiger partial charge in [-0.2, -0.15) is 0 Å². The molecule has 1 aromatic heterocycles. The van der Waals surface area contributed by atoms with Gasteiger partial charge in [0.05, 0.1) is 16.8 Å². The van der Waals surface area contributed by atoms with Crippen LogP contribution in [0, 0.1) is 5.92 Å². The third-order valence-corrected chi connectivity index (χ3v) is 4.98. The minimum absolute atomic E-state index is 0. The van der Waals surface area contributed by atoms with Crippen LogP contribution in [-0.2, 0) is 0 Å². The van der Waals surface area contributed by atoms with E-state index in [9.17, 15) is 4.79 Å². The number of fused-ring (bicyclic) bond motifs is 1. The van der Waals surface area contributed by atoms with E-state index in [1.807, 2.05) is 60.7 Å². The number of nitrogens with one attached hydrogen (secondary N) is 2. The zero-order valence-electron chi connectivity index (χ0n) is 15.6. The topological polar surface area (TPSA) is 54.0 Å². The van der Waals surface area contributed by atoms with Crippen LogP contribution in [0.2, 0.25) is 0 Å². The van der Waals surface area contributed by atoms with Crippen molar-refractivity contribution in [1.82, 2.24) is 15.6 Å². The minimum Gasteiger partial charge on any atom is -0.352 e. The zero-order valence-corrected chi connectivity index (χ0v) is 17.2. The van der Waals surface area contributed by atoms with Crippen molar-refractivity contribution in [1.29, 1.82) is 0 Å². The van der Waals surface area contributed by atoms with Crippen LogP contribution in [0.15, 0.2) is 60.7 Å². The number of benzene rings is 2. The van der Waals surface area contributed by atoms with Crippen molar-refractivity contribution in [3.63, 3.8) is 0 Å². The van der Waals surface area contributed by atoms with Crippen LogP contribution in [-0.4, -0.2) is 30.5 Å². The highest BCUT2D eigenvalue weighted by Crippen LogP contribution is 2.24. The Labute approximate surface area is 178 Å². The first-order chi connectivity index (χ1) is 12.8. The largest absolute Gasteiger partial charge is 0.352 e. The van der Waals surface area contributed by atoms with E-state index < -0.39 is 0 Å². The number of hydrogen-bond donors (Lipinski definition) is 2. The predicted molar refractivity (Wildman–Crippen MR) is 120 cm³/mol. The Morgan fingerprint density at radius 1 is 1.07 bits per heavy atom. The molecule has 0 bridgehead atoms. The molecule has 2 N–H and O–H groups in total. The van der Waals surface area contributed by atoms with Crippen LogP contribution in [0.25, 0.3) is 22.2 Å². The molecular weight excluding hydrogens is 393 g/mol. The second-order valence-electron chi connectivity index (χ2n) is 6.86. The molecule has 1 aliphatic rings. The number of rotatable bonds is 4. The number of halogens is 2. The number of amides is 1. The Kier molecular flexibility index (Phi) is 8.24. The molecule has 28 heavy (non-hydrogen) atoms. The molecular formula is C22H25Cl2N3O. The number of hydrogen-bond acceptors (Lipinski definition) is 3. The number of piperidine rings is 1. The Bertz CT molecular complexity index is 912. The van der Waals surface area contributed by atoms with Crippen molar-refractivity contribution in [3.8, 4) is 11.3 Å². The molecule has 0 spiro atoms. The van der Waals surface area contributed by atoms with Crippen molar-refractivity contribution in [2.45, 2.75) is 12.8 Å². The lowest BCUT2D eigenvalue weighted by Crippen LogP contribution is -2.38. The van der Waals surface area contributed by atoms with Gasteiger partial charge in [-0.25, -0.2) is 4.98 Å². The molecule has 1 unspecified atom stereocenters. The summed E-state index contributed by atoms with van der Waals surface area (Å²) in [5.74, 6) is 0.487. The average molecular weight is 418 g/mol. The van der Waals surface area contributed by atoms with Gasteiger partial charge in [-0.05, 0) is 44.0 Å². The van der Waals surface area contributed by atoms with Crippen molar-refractivity contribution >= 4 is 41.6 Å². The maximum Gasteiger partial charge on any atom is 0.252 e. The summed E-state index contributed by atoms with van der Waals surface area (Å²) in [7, 11) is 0. The smallest absolute Gasteiger partial charge is 0.252 e. The molecule has 4 nitrogen and oxygen atoms in total. The minimum atomic E-state index is -0.0219. The van der Waals surface area contributed by atoms with Gasteiger partial charge in [0.2, 0.25) is 0 Å². The quantitative estimate of drug-likeness (QED) is 0.657. The van der Waals surface area contributed by atoms with Gasteiger partial charge in [-0.3, -0.25) is 4.79 Å². The van der Waals surface area contributed by atoms with E-state index >= 15 is 0 Å². The summed E-state index contributed by atoms with van der Waals surface area (Å²) in [5.41, 5.74) is 3.38. The van der Waals surface area contributed by atoms with Gasteiger partial charge in [0, 0.05) is 17.5 Å². The molecule has 6 heteroatoms. The molecule has 0 radical (unpaired) electrons. The normalized spacial score (nSPS) is 15.9. The molecule has 148 valence electrons. The van der Waals surface area contributed by atoms with E-state index in [4.69, 9.17) is 4.98 Å². The molecule has 0 saturated carbocycles. The number of carbonyl (C=O) groups excluding carboxylic acids is 1. The Morgan fingerprint density at radius 2 is 1.82 bits per heavy atom. The molecule has 0 aliphatic carbocycles. The number of carbonyl (C=O) groups is 1. The summed E-state index contributed by atoms with van der Waals surface area (Å²) >= 11 is 0. The monoisotopic (exact) mass is 417 g/mol. The van der Waals surface area contributed by atoms with Crippen LogP contribution in [0.3, 0.4) is 0 Å². The van der Waals surface area contributed by atoms with Crippen molar-refractivity contribution in [3.05, 3.63) is 66.2 Å². The van der Waals surface area contributed by atoms with Gasteiger partial charge < -0.3 is 10.6 Å². The van der Waals surface area contributed by atoms with Crippen LogP contribution >= 0.6 is 24.8 Å². The van der Waals surface area contributed by atoms with Crippen molar-refractivity contribution in [2.24, 2.45) is 5.92 Å². The van der Waals surface area contributed by atoms with Crippen LogP contribution < -0.4 is 10.6 Å². The number of nitrogens with zero attached hydrogens (tertiary/aromatic N) is 1. The van der Waals surface area contributed by atoms with Gasteiger partial charge in [-0.15, -0.1) is 24.8 Å². The van der Waals surface area contributed by atoms with Crippen LogP contribution in [0.1, 0.15) is 23.2 Å². The predicted octanol–water partition coefficient (Wildman–Crippen LogP) is 4.47. The lowest BCUT2D eigenvalue weighted by Gasteiger charge is -2.23. The third-order valence-electron chi connectivity index (χ3n) is 4.98. The summed E-state index contributed by atoms with van der Waals surface area (Å²) in [5, 5.41) is 7.42. The fourth-order valence-corrected chi connectivity index (χ4v) is 3.55. The second-order valence-corrected chi connectivity index (χ2v) is 6.86. The summed E-state index contributed by atoms with van der Waals surface area (Å²) in [6.45, 7) is 2.77.